The number of hydrogen-bond acceptors (Lipinski definition) is 4. The van der Waals surface area contributed by atoms with Crippen LogP contribution in [0.1, 0.15) is 42.0 Å². The predicted octanol–water partition coefficient (Wildman–Crippen LogP) is 3.16. The first-order valence-corrected chi connectivity index (χ1v) is 6.34. The Kier molecular flexibility index (Phi) is 3.86. The summed E-state index contributed by atoms with van der Waals surface area (Å²) in [5.41, 5.74) is 0.188. The SMILES string of the molecule is CC(C)c1nnsc1C(O)c1ccc(F)c(F)c1F. The fourth-order valence-electron chi connectivity index (χ4n) is 1.69. The summed E-state index contributed by atoms with van der Waals surface area (Å²) in [4.78, 5) is 0.333. The molecule has 0 radical (unpaired) electrons. The van der Waals surface area contributed by atoms with Gasteiger partial charge in [0.1, 0.15) is 6.10 Å². The minimum atomic E-state index is -1.60. The number of benzene rings is 1. The minimum Gasteiger partial charge on any atom is -0.383 e. The lowest BCUT2D eigenvalue weighted by Gasteiger charge is -2.13. The van der Waals surface area contributed by atoms with Gasteiger partial charge in [-0.15, -0.1) is 5.10 Å². The number of aliphatic hydroxyl groups is 1. The molecule has 0 saturated carbocycles. The van der Waals surface area contributed by atoms with Crippen LogP contribution in [0.25, 0.3) is 0 Å². The molecule has 1 aromatic heterocycles. The number of aromatic nitrogens is 2. The van der Waals surface area contributed by atoms with Crippen molar-refractivity contribution in [2.24, 2.45) is 0 Å². The Morgan fingerprint density at radius 2 is 1.84 bits per heavy atom. The summed E-state index contributed by atoms with van der Waals surface area (Å²) in [6.07, 6.45) is -1.41. The lowest BCUT2D eigenvalue weighted by Crippen LogP contribution is -2.07. The van der Waals surface area contributed by atoms with Crippen molar-refractivity contribution in [2.45, 2.75) is 25.9 Å². The molecule has 0 fully saturated rings. The largest absolute Gasteiger partial charge is 0.383 e. The van der Waals surface area contributed by atoms with Gasteiger partial charge in [0.2, 0.25) is 0 Å². The van der Waals surface area contributed by atoms with E-state index in [9.17, 15) is 18.3 Å². The van der Waals surface area contributed by atoms with Gasteiger partial charge in [0.15, 0.2) is 17.5 Å². The highest BCUT2D eigenvalue weighted by molar-refractivity contribution is 7.05. The van der Waals surface area contributed by atoms with Crippen molar-refractivity contribution in [3.8, 4) is 0 Å². The third-order valence-electron chi connectivity index (χ3n) is 2.70. The fraction of sp³-hybridized carbons (Fsp3) is 0.333. The Balaban J connectivity index is 2.47. The molecule has 7 heteroatoms. The van der Waals surface area contributed by atoms with Gasteiger partial charge in [-0.1, -0.05) is 18.3 Å². The highest BCUT2D eigenvalue weighted by Crippen LogP contribution is 2.32. The Hall–Kier alpha value is -1.47. The van der Waals surface area contributed by atoms with E-state index in [4.69, 9.17) is 0 Å². The molecule has 1 aromatic carbocycles. The normalized spacial score (nSPS) is 13.0. The Morgan fingerprint density at radius 3 is 2.47 bits per heavy atom. The number of hydrogen-bond donors (Lipinski definition) is 1. The van der Waals surface area contributed by atoms with Crippen molar-refractivity contribution in [1.82, 2.24) is 9.59 Å². The van der Waals surface area contributed by atoms with Gasteiger partial charge in [0.05, 0.1) is 10.6 Å². The standard InChI is InChI=1S/C12H11F3N2OS/c1-5(2)10-12(19-17-16-10)11(18)6-3-4-7(13)9(15)8(6)14/h3-5,11,18H,1-2H3. The van der Waals surface area contributed by atoms with E-state index in [-0.39, 0.29) is 11.5 Å². The molecule has 0 bridgehead atoms. The summed E-state index contributed by atoms with van der Waals surface area (Å²) in [5, 5.41) is 14.0. The molecular formula is C12H11F3N2OS. The zero-order valence-corrected chi connectivity index (χ0v) is 11.0. The maximum absolute atomic E-state index is 13.6. The van der Waals surface area contributed by atoms with Crippen molar-refractivity contribution in [2.75, 3.05) is 0 Å². The van der Waals surface area contributed by atoms with Crippen LogP contribution in [0, 0.1) is 17.5 Å². The smallest absolute Gasteiger partial charge is 0.194 e. The molecule has 2 rings (SSSR count). The van der Waals surface area contributed by atoms with Gasteiger partial charge in [-0.3, -0.25) is 0 Å². The molecule has 1 unspecified atom stereocenters. The molecule has 0 aliphatic rings. The summed E-state index contributed by atoms with van der Waals surface area (Å²) in [6.45, 7) is 3.68. The van der Waals surface area contributed by atoms with Crippen LogP contribution in [-0.4, -0.2) is 14.7 Å². The molecule has 0 saturated heterocycles. The third-order valence-corrected chi connectivity index (χ3v) is 3.49. The lowest BCUT2D eigenvalue weighted by atomic mass is 10.0. The minimum absolute atomic E-state index is 0.0169. The van der Waals surface area contributed by atoms with E-state index >= 15 is 0 Å². The van der Waals surface area contributed by atoms with Crippen molar-refractivity contribution in [3.05, 3.63) is 45.7 Å². The number of nitrogens with zero attached hydrogens (tertiary/aromatic N) is 2. The molecule has 1 N–H and O–H groups in total. The molecular weight excluding hydrogens is 277 g/mol. The van der Waals surface area contributed by atoms with E-state index in [1.807, 2.05) is 13.8 Å². The van der Waals surface area contributed by atoms with Crippen molar-refractivity contribution in [1.29, 1.82) is 0 Å². The van der Waals surface area contributed by atoms with E-state index < -0.39 is 23.6 Å². The maximum Gasteiger partial charge on any atom is 0.194 e. The van der Waals surface area contributed by atoms with Crippen LogP contribution in [0.5, 0.6) is 0 Å². The molecule has 0 amide bonds. The highest BCUT2D eigenvalue weighted by atomic mass is 32.1. The average Bonchev–Trinajstić information content (AvgIpc) is 2.84. The van der Waals surface area contributed by atoms with Crippen LogP contribution in [-0.2, 0) is 0 Å². The summed E-state index contributed by atoms with van der Waals surface area (Å²) in [5.74, 6) is -4.30. The molecule has 102 valence electrons. The number of halogens is 3. The molecule has 0 aliphatic carbocycles. The Morgan fingerprint density at radius 1 is 1.16 bits per heavy atom. The highest BCUT2D eigenvalue weighted by Gasteiger charge is 2.25. The molecule has 0 aliphatic heterocycles. The number of aliphatic hydroxyl groups excluding tert-OH is 1. The van der Waals surface area contributed by atoms with Crippen LogP contribution in [0.3, 0.4) is 0 Å². The monoisotopic (exact) mass is 288 g/mol. The van der Waals surface area contributed by atoms with Gasteiger partial charge in [-0.25, -0.2) is 13.2 Å². The van der Waals surface area contributed by atoms with Gasteiger partial charge in [0.25, 0.3) is 0 Å². The van der Waals surface area contributed by atoms with E-state index in [1.54, 1.807) is 0 Å². The Labute approximate surface area is 111 Å². The summed E-state index contributed by atoms with van der Waals surface area (Å²) < 4.78 is 43.3. The predicted molar refractivity (Wildman–Crippen MR) is 64.4 cm³/mol. The van der Waals surface area contributed by atoms with Gasteiger partial charge >= 0.3 is 0 Å². The van der Waals surface area contributed by atoms with Crippen LogP contribution in [0.4, 0.5) is 13.2 Å². The van der Waals surface area contributed by atoms with Crippen molar-refractivity contribution < 1.29 is 18.3 Å². The Bertz CT molecular complexity index is 601. The zero-order chi connectivity index (χ0) is 14.2. The molecule has 1 atom stereocenters. The fourth-order valence-corrected chi connectivity index (χ4v) is 2.50. The quantitative estimate of drug-likeness (QED) is 0.882. The van der Waals surface area contributed by atoms with Gasteiger partial charge < -0.3 is 5.11 Å². The van der Waals surface area contributed by atoms with Gasteiger partial charge in [-0.2, -0.15) is 0 Å². The van der Waals surface area contributed by atoms with Crippen molar-refractivity contribution in [3.63, 3.8) is 0 Å². The number of rotatable bonds is 3. The molecule has 2 aromatic rings. The summed E-state index contributed by atoms with van der Waals surface area (Å²) in [7, 11) is 0. The summed E-state index contributed by atoms with van der Waals surface area (Å²) >= 11 is 0.906. The average molecular weight is 288 g/mol. The van der Waals surface area contributed by atoms with Crippen LogP contribution in [0.15, 0.2) is 12.1 Å². The molecule has 3 nitrogen and oxygen atoms in total. The van der Waals surface area contributed by atoms with E-state index in [0.29, 0.717) is 10.6 Å². The lowest BCUT2D eigenvalue weighted by molar-refractivity contribution is 0.214. The summed E-state index contributed by atoms with van der Waals surface area (Å²) in [6, 6.07) is 1.79. The maximum atomic E-state index is 13.6. The first-order chi connectivity index (χ1) is 8.93. The van der Waals surface area contributed by atoms with Crippen LogP contribution >= 0.6 is 11.5 Å². The first kappa shape index (κ1) is 14.0. The molecule has 1 heterocycles. The third kappa shape index (κ3) is 2.48. The van der Waals surface area contributed by atoms with Gasteiger partial charge in [0, 0.05) is 5.56 Å². The molecule has 19 heavy (non-hydrogen) atoms. The molecule has 0 spiro atoms. The van der Waals surface area contributed by atoms with E-state index in [1.165, 1.54) is 0 Å². The van der Waals surface area contributed by atoms with Crippen LogP contribution < -0.4 is 0 Å². The van der Waals surface area contributed by atoms with Crippen molar-refractivity contribution >= 4 is 11.5 Å². The van der Waals surface area contributed by atoms with E-state index in [0.717, 1.165) is 23.7 Å². The zero-order valence-electron chi connectivity index (χ0n) is 10.2. The second-order valence-corrected chi connectivity index (χ2v) is 5.13. The topological polar surface area (TPSA) is 46.0 Å². The van der Waals surface area contributed by atoms with Gasteiger partial charge in [-0.05, 0) is 29.6 Å². The first-order valence-electron chi connectivity index (χ1n) is 5.57. The second-order valence-electron chi connectivity index (χ2n) is 4.34. The van der Waals surface area contributed by atoms with Crippen LogP contribution in [0.2, 0.25) is 0 Å². The second kappa shape index (κ2) is 5.26. The van der Waals surface area contributed by atoms with E-state index in [2.05, 4.69) is 9.59 Å².